The Labute approximate surface area is 237 Å². The summed E-state index contributed by atoms with van der Waals surface area (Å²) >= 11 is 6.40. The molecule has 206 valence electrons. The fraction of sp³-hybridized carbons (Fsp3) is 0.103. The minimum Gasteiger partial charge on any atom is -0.478 e. The van der Waals surface area contributed by atoms with Crippen molar-refractivity contribution in [3.05, 3.63) is 105 Å². The molecule has 3 heterocycles. The standard InChI is InChI=1S/C29H21ClF2N6O3/c1-3-12-41-23-7-6-20(25(31)26(23)32)22-16-34-28-27(33-9-11-38(22)28)36-18-4-5-19(21(30)14-18)29(40)35-15-17-8-10-37(2)24(39)13-17/h1,4-11,13-14,16H,12,15H2,2H3,(H,33,36)(H,35,40). The highest BCUT2D eigenvalue weighted by molar-refractivity contribution is 6.34. The highest BCUT2D eigenvalue weighted by atomic mass is 35.5. The molecule has 0 aliphatic rings. The second kappa shape index (κ2) is 11.5. The van der Waals surface area contributed by atoms with Crippen LogP contribution in [0.5, 0.6) is 5.75 Å². The van der Waals surface area contributed by atoms with Gasteiger partial charge in [0.15, 0.2) is 23.0 Å². The average molecular weight is 575 g/mol. The van der Waals surface area contributed by atoms with Crippen molar-refractivity contribution in [1.29, 1.82) is 0 Å². The Morgan fingerprint density at radius 1 is 1.12 bits per heavy atom. The van der Waals surface area contributed by atoms with Crippen LogP contribution in [0.2, 0.25) is 5.02 Å². The smallest absolute Gasteiger partial charge is 0.253 e. The number of nitrogens with zero attached hydrogens (tertiary/aromatic N) is 4. The highest BCUT2D eigenvalue weighted by Crippen LogP contribution is 2.32. The number of amides is 1. The number of hydrogen-bond donors (Lipinski definition) is 2. The number of halogens is 3. The normalized spacial score (nSPS) is 10.8. The van der Waals surface area contributed by atoms with Gasteiger partial charge in [-0.1, -0.05) is 17.5 Å². The first-order valence-corrected chi connectivity index (χ1v) is 12.5. The first-order chi connectivity index (χ1) is 19.8. The van der Waals surface area contributed by atoms with Gasteiger partial charge in [-0.3, -0.25) is 14.0 Å². The maximum absolute atomic E-state index is 14.9. The largest absolute Gasteiger partial charge is 0.478 e. The number of benzene rings is 2. The molecule has 0 fully saturated rings. The Balaban J connectivity index is 1.35. The van der Waals surface area contributed by atoms with Crippen molar-refractivity contribution in [2.24, 2.45) is 7.05 Å². The lowest BCUT2D eigenvalue weighted by atomic mass is 10.1. The molecule has 5 aromatic rings. The van der Waals surface area contributed by atoms with Gasteiger partial charge < -0.3 is 19.9 Å². The summed E-state index contributed by atoms with van der Waals surface area (Å²) in [6.07, 6.45) is 11.2. The maximum atomic E-state index is 14.9. The number of fused-ring (bicyclic) bond motifs is 1. The number of nitrogens with one attached hydrogen (secondary N) is 2. The van der Waals surface area contributed by atoms with E-state index in [1.165, 1.54) is 35.2 Å². The van der Waals surface area contributed by atoms with Crippen LogP contribution in [0, 0.1) is 24.0 Å². The molecule has 41 heavy (non-hydrogen) atoms. The second-order valence-electron chi connectivity index (χ2n) is 8.83. The van der Waals surface area contributed by atoms with Gasteiger partial charge in [0.05, 0.1) is 22.5 Å². The average Bonchev–Trinajstić information content (AvgIpc) is 3.39. The van der Waals surface area contributed by atoms with Crippen LogP contribution in [0.1, 0.15) is 15.9 Å². The molecule has 0 atom stereocenters. The van der Waals surface area contributed by atoms with E-state index in [1.807, 2.05) is 0 Å². The summed E-state index contributed by atoms with van der Waals surface area (Å²) in [6, 6.07) is 10.6. The van der Waals surface area contributed by atoms with E-state index < -0.39 is 17.5 Å². The van der Waals surface area contributed by atoms with E-state index in [9.17, 15) is 18.4 Å². The Hall–Kier alpha value is -5.21. The number of ether oxygens (including phenoxy) is 1. The molecule has 0 saturated carbocycles. The molecule has 0 saturated heterocycles. The summed E-state index contributed by atoms with van der Waals surface area (Å²) in [4.78, 5) is 33.1. The van der Waals surface area contributed by atoms with Gasteiger partial charge in [0.25, 0.3) is 11.5 Å². The molecular formula is C29H21ClF2N6O3. The molecule has 0 radical (unpaired) electrons. The zero-order chi connectivity index (χ0) is 29.1. The number of anilines is 2. The minimum atomic E-state index is -1.16. The van der Waals surface area contributed by atoms with Crippen LogP contribution in [0.25, 0.3) is 16.9 Å². The maximum Gasteiger partial charge on any atom is 0.253 e. The molecule has 1 amide bonds. The van der Waals surface area contributed by atoms with Crippen LogP contribution in [-0.4, -0.2) is 31.4 Å². The van der Waals surface area contributed by atoms with E-state index in [2.05, 4.69) is 26.5 Å². The topological polar surface area (TPSA) is 103 Å². The molecule has 9 nitrogen and oxygen atoms in total. The van der Waals surface area contributed by atoms with Gasteiger partial charge in [0, 0.05) is 49.5 Å². The van der Waals surface area contributed by atoms with Gasteiger partial charge in [-0.05, 0) is 42.0 Å². The van der Waals surface area contributed by atoms with Crippen molar-refractivity contribution in [3.63, 3.8) is 0 Å². The van der Waals surface area contributed by atoms with Crippen LogP contribution < -0.4 is 20.9 Å². The number of carbonyl (C=O) groups is 1. The number of hydrogen-bond acceptors (Lipinski definition) is 6. The molecule has 0 bridgehead atoms. The minimum absolute atomic E-state index is 0.0329. The Morgan fingerprint density at radius 3 is 2.71 bits per heavy atom. The van der Waals surface area contributed by atoms with Crippen molar-refractivity contribution < 1.29 is 18.3 Å². The quantitative estimate of drug-likeness (QED) is 0.260. The van der Waals surface area contributed by atoms with E-state index >= 15 is 0 Å². The van der Waals surface area contributed by atoms with E-state index in [0.29, 0.717) is 22.7 Å². The number of aromatic nitrogens is 4. The van der Waals surface area contributed by atoms with Gasteiger partial charge in [-0.25, -0.2) is 14.4 Å². The van der Waals surface area contributed by atoms with Crippen molar-refractivity contribution in [1.82, 2.24) is 24.3 Å². The van der Waals surface area contributed by atoms with Gasteiger partial charge >= 0.3 is 0 Å². The summed E-state index contributed by atoms with van der Waals surface area (Å²) in [5, 5.41) is 6.01. The van der Waals surface area contributed by atoms with Gasteiger partial charge in [-0.15, -0.1) is 6.42 Å². The number of carbonyl (C=O) groups excluding carboxylic acids is 1. The summed E-state index contributed by atoms with van der Waals surface area (Å²) < 4.78 is 37.5. The van der Waals surface area contributed by atoms with Crippen molar-refractivity contribution in [3.8, 4) is 29.4 Å². The monoisotopic (exact) mass is 574 g/mol. The molecule has 12 heteroatoms. The van der Waals surface area contributed by atoms with E-state index in [4.69, 9.17) is 22.8 Å². The van der Waals surface area contributed by atoms with E-state index in [-0.39, 0.29) is 46.3 Å². The first kappa shape index (κ1) is 27.4. The lowest BCUT2D eigenvalue weighted by Gasteiger charge is -2.11. The molecule has 0 spiro atoms. The zero-order valence-electron chi connectivity index (χ0n) is 21.5. The molecule has 2 N–H and O–H groups in total. The third-order valence-electron chi connectivity index (χ3n) is 6.16. The van der Waals surface area contributed by atoms with Gasteiger partial charge in [0.1, 0.15) is 6.61 Å². The molecule has 0 aliphatic heterocycles. The van der Waals surface area contributed by atoms with E-state index in [1.54, 1.807) is 48.1 Å². The SMILES string of the molecule is C#CCOc1ccc(-c2cnc3c(Nc4ccc(C(=O)NCc5ccn(C)c(=O)c5)c(Cl)c4)nccn23)c(F)c1F. The van der Waals surface area contributed by atoms with Gasteiger partial charge in [0.2, 0.25) is 5.82 Å². The van der Waals surface area contributed by atoms with Crippen LogP contribution in [0.3, 0.4) is 0 Å². The van der Waals surface area contributed by atoms with Crippen LogP contribution in [0.4, 0.5) is 20.3 Å². The number of pyridine rings is 1. The van der Waals surface area contributed by atoms with Crippen LogP contribution in [-0.2, 0) is 13.6 Å². The Kier molecular flexibility index (Phi) is 7.67. The Bertz CT molecular complexity index is 1900. The molecule has 0 aliphatic carbocycles. The third kappa shape index (κ3) is 5.59. The molecule has 0 unspecified atom stereocenters. The van der Waals surface area contributed by atoms with Crippen molar-refractivity contribution in [2.75, 3.05) is 11.9 Å². The van der Waals surface area contributed by atoms with E-state index in [0.717, 1.165) is 0 Å². The summed E-state index contributed by atoms with van der Waals surface area (Å²) in [5.41, 5.74) is 1.81. The number of aryl methyl sites for hydroxylation is 1. The predicted molar refractivity (Wildman–Crippen MR) is 150 cm³/mol. The van der Waals surface area contributed by atoms with Crippen molar-refractivity contribution in [2.45, 2.75) is 6.54 Å². The zero-order valence-corrected chi connectivity index (χ0v) is 22.2. The van der Waals surface area contributed by atoms with Crippen molar-refractivity contribution >= 4 is 34.7 Å². The highest BCUT2D eigenvalue weighted by Gasteiger charge is 2.20. The summed E-state index contributed by atoms with van der Waals surface area (Å²) in [7, 11) is 1.64. The lowest BCUT2D eigenvalue weighted by molar-refractivity contribution is 0.0951. The fourth-order valence-corrected chi connectivity index (χ4v) is 4.32. The number of imidazole rings is 1. The number of terminal acetylenes is 1. The summed E-state index contributed by atoms with van der Waals surface area (Å²) in [6.45, 7) is -0.0394. The van der Waals surface area contributed by atoms with Crippen LogP contribution in [0.15, 0.2) is 72.0 Å². The second-order valence-corrected chi connectivity index (χ2v) is 9.24. The van der Waals surface area contributed by atoms with Gasteiger partial charge in [-0.2, -0.15) is 4.39 Å². The number of rotatable bonds is 8. The molecular weight excluding hydrogens is 554 g/mol. The lowest BCUT2D eigenvalue weighted by Crippen LogP contribution is -2.24. The third-order valence-corrected chi connectivity index (χ3v) is 6.47. The summed E-state index contributed by atoms with van der Waals surface area (Å²) in [5.74, 6) is -0.453. The predicted octanol–water partition coefficient (Wildman–Crippen LogP) is 4.71. The molecule has 2 aromatic carbocycles. The Morgan fingerprint density at radius 2 is 1.95 bits per heavy atom. The fourth-order valence-electron chi connectivity index (χ4n) is 4.06. The molecule has 3 aromatic heterocycles. The molecule has 5 rings (SSSR count). The van der Waals surface area contributed by atoms with Crippen LogP contribution >= 0.6 is 11.6 Å². The first-order valence-electron chi connectivity index (χ1n) is 12.1.